The van der Waals surface area contributed by atoms with Crippen LogP contribution in [0.1, 0.15) is 12.8 Å². The molecule has 0 saturated carbocycles. The first-order chi connectivity index (χ1) is 10.0. The van der Waals surface area contributed by atoms with E-state index < -0.39 is 9.84 Å². The molecule has 0 aromatic heterocycles. The average molecular weight is 309 g/mol. The van der Waals surface area contributed by atoms with Crippen LogP contribution in [-0.2, 0) is 9.84 Å². The van der Waals surface area contributed by atoms with Crippen molar-refractivity contribution >= 4 is 27.2 Å². The lowest BCUT2D eigenvalue weighted by Gasteiger charge is -2.24. The van der Waals surface area contributed by atoms with E-state index in [1.165, 1.54) is 0 Å². The standard InChI is InChI=1S/C14H19N3O3S/c18-14-15-6-7-17(14)13-5-1-3-11(9-13)16-12-4-2-8-21(19,20)10-12/h1,3,5,9,12,16H,2,4,6-8,10H2,(H,15,18). The van der Waals surface area contributed by atoms with Crippen LogP contribution in [0, 0.1) is 0 Å². The van der Waals surface area contributed by atoms with Crippen LogP contribution < -0.4 is 15.5 Å². The zero-order valence-electron chi connectivity index (χ0n) is 11.7. The zero-order chi connectivity index (χ0) is 14.9. The Balaban J connectivity index is 1.73. The number of hydrogen-bond acceptors (Lipinski definition) is 4. The van der Waals surface area contributed by atoms with Gasteiger partial charge in [-0.1, -0.05) is 6.07 Å². The molecular weight excluding hydrogens is 290 g/mol. The van der Waals surface area contributed by atoms with Gasteiger partial charge in [0.1, 0.15) is 0 Å². The summed E-state index contributed by atoms with van der Waals surface area (Å²) < 4.78 is 23.3. The Morgan fingerprint density at radius 3 is 2.90 bits per heavy atom. The van der Waals surface area contributed by atoms with E-state index in [4.69, 9.17) is 0 Å². The van der Waals surface area contributed by atoms with Crippen molar-refractivity contribution in [3.63, 3.8) is 0 Å². The molecule has 3 rings (SSSR count). The number of nitrogens with zero attached hydrogens (tertiary/aromatic N) is 1. The summed E-state index contributed by atoms with van der Waals surface area (Å²) in [6.07, 6.45) is 1.56. The van der Waals surface area contributed by atoms with E-state index in [0.717, 1.165) is 17.8 Å². The topological polar surface area (TPSA) is 78.5 Å². The van der Waals surface area contributed by atoms with Crippen molar-refractivity contribution in [1.29, 1.82) is 0 Å². The largest absolute Gasteiger partial charge is 0.381 e. The summed E-state index contributed by atoms with van der Waals surface area (Å²) in [6.45, 7) is 1.30. The third-order valence-electron chi connectivity index (χ3n) is 3.85. The Morgan fingerprint density at radius 2 is 2.19 bits per heavy atom. The number of urea groups is 1. The highest BCUT2D eigenvalue weighted by molar-refractivity contribution is 7.91. The summed E-state index contributed by atoms with van der Waals surface area (Å²) >= 11 is 0. The van der Waals surface area contributed by atoms with Crippen molar-refractivity contribution in [2.75, 3.05) is 34.8 Å². The first-order valence-corrected chi connectivity index (χ1v) is 8.98. The molecule has 0 bridgehead atoms. The predicted molar refractivity (Wildman–Crippen MR) is 82.5 cm³/mol. The van der Waals surface area contributed by atoms with Crippen LogP contribution in [0.4, 0.5) is 16.2 Å². The van der Waals surface area contributed by atoms with Gasteiger partial charge in [-0.05, 0) is 31.0 Å². The van der Waals surface area contributed by atoms with Gasteiger partial charge in [0.15, 0.2) is 9.84 Å². The van der Waals surface area contributed by atoms with E-state index in [1.807, 2.05) is 24.3 Å². The molecule has 2 heterocycles. The van der Waals surface area contributed by atoms with Crippen LogP contribution in [0.25, 0.3) is 0 Å². The Hall–Kier alpha value is -1.76. The summed E-state index contributed by atoms with van der Waals surface area (Å²) in [4.78, 5) is 13.4. The second kappa shape index (κ2) is 5.55. The highest BCUT2D eigenvalue weighted by Gasteiger charge is 2.25. The molecule has 2 aliphatic heterocycles. The maximum atomic E-state index is 11.7. The van der Waals surface area contributed by atoms with Crippen LogP contribution in [0.15, 0.2) is 24.3 Å². The van der Waals surface area contributed by atoms with Crippen molar-refractivity contribution < 1.29 is 13.2 Å². The summed E-state index contributed by atoms with van der Waals surface area (Å²) in [7, 11) is -2.92. The minimum Gasteiger partial charge on any atom is -0.381 e. The van der Waals surface area contributed by atoms with Gasteiger partial charge in [0.2, 0.25) is 0 Å². The van der Waals surface area contributed by atoms with Crippen molar-refractivity contribution in [3.8, 4) is 0 Å². The Morgan fingerprint density at radius 1 is 1.33 bits per heavy atom. The van der Waals surface area contributed by atoms with Gasteiger partial charge in [-0.15, -0.1) is 0 Å². The van der Waals surface area contributed by atoms with Crippen molar-refractivity contribution in [3.05, 3.63) is 24.3 Å². The molecule has 2 fully saturated rings. The number of carbonyl (C=O) groups excluding carboxylic acids is 1. The molecule has 0 spiro atoms. The Bertz CT molecular complexity index is 645. The zero-order valence-corrected chi connectivity index (χ0v) is 12.5. The Labute approximate surface area is 124 Å². The van der Waals surface area contributed by atoms with Crippen molar-refractivity contribution in [2.24, 2.45) is 0 Å². The van der Waals surface area contributed by atoms with E-state index in [2.05, 4.69) is 10.6 Å². The molecule has 6 nitrogen and oxygen atoms in total. The first kappa shape index (κ1) is 14.2. The number of sulfone groups is 1. The molecule has 114 valence electrons. The van der Waals surface area contributed by atoms with Gasteiger partial charge >= 0.3 is 6.03 Å². The summed E-state index contributed by atoms with van der Waals surface area (Å²) in [5, 5.41) is 6.04. The molecule has 0 radical (unpaired) electrons. The molecule has 2 aliphatic rings. The molecule has 21 heavy (non-hydrogen) atoms. The molecule has 2 N–H and O–H groups in total. The number of hydrogen-bond donors (Lipinski definition) is 2. The van der Waals surface area contributed by atoms with Gasteiger partial charge < -0.3 is 10.6 Å². The van der Waals surface area contributed by atoms with Crippen LogP contribution in [-0.4, -0.2) is 45.1 Å². The Kier molecular flexibility index (Phi) is 3.75. The second-order valence-corrected chi connectivity index (χ2v) is 7.76. The minimum absolute atomic E-state index is 0.0496. The van der Waals surface area contributed by atoms with Crippen molar-refractivity contribution in [2.45, 2.75) is 18.9 Å². The predicted octanol–water partition coefficient (Wildman–Crippen LogP) is 1.21. The molecule has 7 heteroatoms. The number of anilines is 2. The molecule has 2 saturated heterocycles. The second-order valence-electron chi connectivity index (χ2n) is 5.53. The third kappa shape index (κ3) is 3.29. The fourth-order valence-electron chi connectivity index (χ4n) is 2.85. The quantitative estimate of drug-likeness (QED) is 0.879. The van der Waals surface area contributed by atoms with E-state index in [-0.39, 0.29) is 17.8 Å². The van der Waals surface area contributed by atoms with E-state index in [0.29, 0.717) is 25.3 Å². The lowest BCUT2D eigenvalue weighted by Crippen LogP contribution is -2.34. The number of nitrogens with one attached hydrogen (secondary N) is 2. The average Bonchev–Trinajstić information content (AvgIpc) is 2.84. The highest BCUT2D eigenvalue weighted by atomic mass is 32.2. The van der Waals surface area contributed by atoms with E-state index >= 15 is 0 Å². The summed E-state index contributed by atoms with van der Waals surface area (Å²) in [6, 6.07) is 7.41. The van der Waals surface area contributed by atoms with Gasteiger partial charge in [-0.2, -0.15) is 0 Å². The number of carbonyl (C=O) groups is 1. The van der Waals surface area contributed by atoms with Crippen LogP contribution in [0.3, 0.4) is 0 Å². The number of rotatable bonds is 3. The maximum absolute atomic E-state index is 11.7. The van der Waals surface area contributed by atoms with Gasteiger partial charge in [0, 0.05) is 30.5 Å². The number of benzene rings is 1. The third-order valence-corrected chi connectivity index (χ3v) is 5.67. The lowest BCUT2D eigenvalue weighted by molar-refractivity contribution is 0.252. The molecular formula is C14H19N3O3S. The van der Waals surface area contributed by atoms with Gasteiger partial charge in [0.05, 0.1) is 11.5 Å². The fourth-order valence-corrected chi connectivity index (χ4v) is 4.49. The van der Waals surface area contributed by atoms with Crippen LogP contribution in [0.5, 0.6) is 0 Å². The maximum Gasteiger partial charge on any atom is 0.321 e. The van der Waals surface area contributed by atoms with E-state index in [1.54, 1.807) is 4.90 Å². The summed E-state index contributed by atoms with van der Waals surface area (Å²) in [5.74, 6) is 0.473. The van der Waals surface area contributed by atoms with Gasteiger partial charge in [-0.25, -0.2) is 13.2 Å². The fraction of sp³-hybridized carbons (Fsp3) is 0.500. The molecule has 2 amide bonds. The minimum atomic E-state index is -2.92. The van der Waals surface area contributed by atoms with Crippen LogP contribution in [0.2, 0.25) is 0 Å². The highest BCUT2D eigenvalue weighted by Crippen LogP contribution is 2.23. The van der Waals surface area contributed by atoms with Crippen LogP contribution >= 0.6 is 0 Å². The van der Waals surface area contributed by atoms with Gasteiger partial charge in [0.25, 0.3) is 0 Å². The normalized spacial score (nSPS) is 24.7. The van der Waals surface area contributed by atoms with Crippen molar-refractivity contribution in [1.82, 2.24) is 5.32 Å². The monoisotopic (exact) mass is 309 g/mol. The number of amides is 2. The first-order valence-electron chi connectivity index (χ1n) is 7.16. The van der Waals surface area contributed by atoms with Gasteiger partial charge in [-0.3, -0.25) is 4.90 Å². The molecule has 1 aromatic rings. The smallest absolute Gasteiger partial charge is 0.321 e. The SMILES string of the molecule is O=C1NCCN1c1cccc(NC2CCCS(=O)(=O)C2)c1. The van der Waals surface area contributed by atoms with E-state index in [9.17, 15) is 13.2 Å². The molecule has 0 aliphatic carbocycles. The molecule has 1 unspecified atom stereocenters. The molecule has 1 atom stereocenters. The lowest BCUT2D eigenvalue weighted by atomic mass is 10.1. The summed E-state index contributed by atoms with van der Waals surface area (Å²) in [5.41, 5.74) is 1.68. The molecule has 1 aromatic carbocycles.